The van der Waals surface area contributed by atoms with Crippen LogP contribution < -0.4 is 5.32 Å². The minimum atomic E-state index is -0.223. The number of rotatable bonds is 3. The molecule has 1 aromatic carbocycles. The lowest BCUT2D eigenvalue weighted by Crippen LogP contribution is -2.19. The van der Waals surface area contributed by atoms with Crippen molar-refractivity contribution in [1.82, 2.24) is 20.3 Å². The quantitative estimate of drug-likeness (QED) is 0.808. The topological polar surface area (TPSA) is 67.8 Å². The van der Waals surface area contributed by atoms with Gasteiger partial charge < -0.3 is 5.32 Å². The van der Waals surface area contributed by atoms with Crippen molar-refractivity contribution in [3.8, 4) is 22.6 Å². The molecule has 3 aromatic rings. The maximum Gasteiger partial charge on any atom is 0.254 e. The summed E-state index contributed by atoms with van der Waals surface area (Å²) in [5.41, 5.74) is 3.86. The van der Waals surface area contributed by atoms with Crippen LogP contribution in [0.5, 0.6) is 0 Å². The second-order valence-corrected chi connectivity index (χ2v) is 5.14. The summed E-state index contributed by atoms with van der Waals surface area (Å²) in [6.07, 6.45) is 4.93. The first-order valence-electron chi connectivity index (χ1n) is 7.25. The molecule has 0 unspecified atom stereocenters. The molecule has 0 bridgehead atoms. The first kappa shape index (κ1) is 14.8. The van der Waals surface area contributed by atoms with Crippen LogP contribution in [0.15, 0.2) is 55.0 Å². The zero-order valence-electron chi connectivity index (χ0n) is 12.9. The first-order chi connectivity index (χ1) is 11.2. The summed E-state index contributed by atoms with van der Waals surface area (Å²) in [4.78, 5) is 25.1. The van der Waals surface area contributed by atoms with Gasteiger partial charge in [0, 0.05) is 36.8 Å². The molecule has 5 heteroatoms. The minimum absolute atomic E-state index is 0.223. The molecule has 0 saturated heterocycles. The third-order valence-corrected chi connectivity index (χ3v) is 3.51. The summed E-state index contributed by atoms with van der Waals surface area (Å²) in [6, 6.07) is 11.6. The Morgan fingerprint density at radius 1 is 1.04 bits per heavy atom. The van der Waals surface area contributed by atoms with Crippen molar-refractivity contribution in [1.29, 1.82) is 0 Å². The van der Waals surface area contributed by atoms with Crippen LogP contribution in [0.3, 0.4) is 0 Å². The van der Waals surface area contributed by atoms with Gasteiger partial charge in [0.25, 0.3) is 5.91 Å². The van der Waals surface area contributed by atoms with E-state index in [4.69, 9.17) is 0 Å². The van der Waals surface area contributed by atoms with E-state index in [9.17, 15) is 4.79 Å². The van der Waals surface area contributed by atoms with Gasteiger partial charge in [-0.2, -0.15) is 0 Å². The molecular formula is C18H16N4O. The lowest BCUT2D eigenvalue weighted by Gasteiger charge is -2.09. The molecule has 5 nitrogen and oxygen atoms in total. The van der Waals surface area contributed by atoms with Crippen molar-refractivity contribution < 1.29 is 4.79 Å². The number of aromatic nitrogens is 3. The van der Waals surface area contributed by atoms with Gasteiger partial charge >= 0.3 is 0 Å². The van der Waals surface area contributed by atoms with Crippen molar-refractivity contribution in [2.45, 2.75) is 6.92 Å². The van der Waals surface area contributed by atoms with Gasteiger partial charge in [-0.1, -0.05) is 29.8 Å². The van der Waals surface area contributed by atoms with E-state index < -0.39 is 0 Å². The maximum atomic E-state index is 12.1. The lowest BCUT2D eigenvalue weighted by molar-refractivity contribution is 0.0963. The minimum Gasteiger partial charge on any atom is -0.355 e. The molecule has 0 radical (unpaired) electrons. The fraction of sp³-hybridized carbons (Fsp3) is 0.111. The fourth-order valence-corrected chi connectivity index (χ4v) is 2.25. The maximum absolute atomic E-state index is 12.1. The van der Waals surface area contributed by atoms with Crippen molar-refractivity contribution in [2.24, 2.45) is 0 Å². The van der Waals surface area contributed by atoms with E-state index in [1.807, 2.05) is 43.3 Å². The van der Waals surface area contributed by atoms with E-state index in [2.05, 4.69) is 20.3 Å². The number of nitrogens with one attached hydrogen (secondary N) is 1. The molecule has 114 valence electrons. The molecule has 0 saturated carbocycles. The molecular weight excluding hydrogens is 288 g/mol. The van der Waals surface area contributed by atoms with Gasteiger partial charge in [0.05, 0.1) is 11.3 Å². The van der Waals surface area contributed by atoms with Crippen molar-refractivity contribution in [2.75, 3.05) is 7.05 Å². The number of nitrogens with zero attached hydrogens (tertiary/aromatic N) is 3. The highest BCUT2D eigenvalue weighted by atomic mass is 16.1. The zero-order chi connectivity index (χ0) is 16.2. The first-order valence-corrected chi connectivity index (χ1v) is 7.25. The monoisotopic (exact) mass is 304 g/mol. The number of pyridine rings is 1. The Morgan fingerprint density at radius 3 is 2.48 bits per heavy atom. The average molecular weight is 304 g/mol. The summed E-state index contributed by atoms with van der Waals surface area (Å²) < 4.78 is 0. The number of benzene rings is 1. The molecule has 0 fully saturated rings. The van der Waals surface area contributed by atoms with E-state index in [-0.39, 0.29) is 5.91 Å². The smallest absolute Gasteiger partial charge is 0.254 e. The highest BCUT2D eigenvalue weighted by molar-refractivity contribution is 5.99. The number of hydrogen-bond acceptors (Lipinski definition) is 4. The van der Waals surface area contributed by atoms with Gasteiger partial charge in [-0.25, -0.2) is 9.97 Å². The molecule has 0 aliphatic rings. The Kier molecular flexibility index (Phi) is 4.10. The molecule has 1 amide bonds. The largest absolute Gasteiger partial charge is 0.355 e. The van der Waals surface area contributed by atoms with Gasteiger partial charge in [0.15, 0.2) is 5.82 Å². The fourth-order valence-electron chi connectivity index (χ4n) is 2.25. The number of hydrogen-bond donors (Lipinski definition) is 1. The van der Waals surface area contributed by atoms with E-state index >= 15 is 0 Å². The molecule has 23 heavy (non-hydrogen) atoms. The van der Waals surface area contributed by atoms with Crippen molar-refractivity contribution >= 4 is 5.91 Å². The number of amides is 1. The number of aryl methyl sites for hydroxylation is 1. The van der Waals surface area contributed by atoms with Crippen LogP contribution in [-0.2, 0) is 0 Å². The van der Waals surface area contributed by atoms with Crippen LogP contribution in [-0.4, -0.2) is 27.9 Å². The summed E-state index contributed by atoms with van der Waals surface area (Å²) in [6.45, 7) is 2.03. The molecule has 1 N–H and O–H groups in total. The van der Waals surface area contributed by atoms with Gasteiger partial charge in [0.2, 0.25) is 0 Å². The predicted octanol–water partition coefficient (Wildman–Crippen LogP) is 2.87. The van der Waals surface area contributed by atoms with Crippen LogP contribution in [0.25, 0.3) is 22.6 Å². The summed E-state index contributed by atoms with van der Waals surface area (Å²) in [5, 5.41) is 2.62. The van der Waals surface area contributed by atoms with E-state index in [1.54, 1.807) is 25.6 Å². The molecule has 0 aliphatic heterocycles. The molecule has 3 rings (SSSR count). The Labute approximate surface area is 134 Å². The van der Waals surface area contributed by atoms with Crippen LogP contribution in [0.4, 0.5) is 0 Å². The molecule has 2 heterocycles. The average Bonchev–Trinajstić information content (AvgIpc) is 2.62. The lowest BCUT2D eigenvalue weighted by atomic mass is 10.1. The van der Waals surface area contributed by atoms with E-state index in [0.717, 1.165) is 11.1 Å². The highest BCUT2D eigenvalue weighted by Crippen LogP contribution is 2.24. The Morgan fingerprint density at radius 2 is 1.83 bits per heavy atom. The Bertz CT molecular complexity index is 829. The summed E-state index contributed by atoms with van der Waals surface area (Å²) in [5.74, 6) is 0.357. The van der Waals surface area contributed by atoms with Crippen LogP contribution in [0.1, 0.15) is 15.9 Å². The predicted molar refractivity (Wildman–Crippen MR) is 88.8 cm³/mol. The Hall–Kier alpha value is -3.08. The van der Waals surface area contributed by atoms with Crippen molar-refractivity contribution in [3.05, 3.63) is 66.1 Å². The third kappa shape index (κ3) is 3.08. The SMILES string of the molecule is CNC(=O)c1cnc(-c2ccc(C)cc2)nc1-c1cccnc1. The molecule has 0 atom stereocenters. The van der Waals surface area contributed by atoms with Crippen LogP contribution in [0.2, 0.25) is 0 Å². The molecule has 2 aromatic heterocycles. The summed E-state index contributed by atoms with van der Waals surface area (Å²) in [7, 11) is 1.59. The Balaban J connectivity index is 2.15. The van der Waals surface area contributed by atoms with Crippen LogP contribution >= 0.6 is 0 Å². The number of carbonyl (C=O) groups is 1. The van der Waals surface area contributed by atoms with Gasteiger partial charge in [0.1, 0.15) is 0 Å². The zero-order valence-corrected chi connectivity index (χ0v) is 12.9. The highest BCUT2D eigenvalue weighted by Gasteiger charge is 2.16. The second kappa shape index (κ2) is 6.36. The van der Waals surface area contributed by atoms with Gasteiger partial charge in [-0.3, -0.25) is 9.78 Å². The van der Waals surface area contributed by atoms with Crippen LogP contribution in [0, 0.1) is 6.92 Å². The normalized spacial score (nSPS) is 10.3. The van der Waals surface area contributed by atoms with E-state index in [1.165, 1.54) is 5.56 Å². The molecule has 0 spiro atoms. The third-order valence-electron chi connectivity index (χ3n) is 3.51. The molecule has 0 aliphatic carbocycles. The second-order valence-electron chi connectivity index (χ2n) is 5.14. The van der Waals surface area contributed by atoms with Gasteiger partial charge in [-0.15, -0.1) is 0 Å². The number of carbonyl (C=O) groups excluding carboxylic acids is 1. The van der Waals surface area contributed by atoms with E-state index in [0.29, 0.717) is 17.1 Å². The standard InChI is InChI=1S/C18H16N4O/c1-12-5-7-13(8-6-12)17-21-11-15(18(23)19-2)16(22-17)14-4-3-9-20-10-14/h3-11H,1-2H3,(H,19,23). The van der Waals surface area contributed by atoms with Crippen molar-refractivity contribution in [3.63, 3.8) is 0 Å². The van der Waals surface area contributed by atoms with Gasteiger partial charge in [-0.05, 0) is 19.1 Å². The summed E-state index contributed by atoms with van der Waals surface area (Å²) >= 11 is 0.